The highest BCUT2D eigenvalue weighted by Crippen LogP contribution is 2.17. The zero-order valence-electron chi connectivity index (χ0n) is 8.72. The van der Waals surface area contributed by atoms with Crippen LogP contribution >= 0.6 is 0 Å². The first kappa shape index (κ1) is 10.6. The summed E-state index contributed by atoms with van der Waals surface area (Å²) in [5.41, 5.74) is 5.21. The molecule has 1 fully saturated rings. The van der Waals surface area contributed by atoms with Crippen molar-refractivity contribution in [2.45, 2.75) is 12.8 Å². The fraction of sp³-hybridized carbons (Fsp3) is 0.556. The van der Waals surface area contributed by atoms with Crippen molar-refractivity contribution in [3.8, 4) is 0 Å². The van der Waals surface area contributed by atoms with Crippen molar-refractivity contribution >= 4 is 11.8 Å². The van der Waals surface area contributed by atoms with E-state index >= 15 is 0 Å². The van der Waals surface area contributed by atoms with Crippen molar-refractivity contribution < 1.29 is 9.59 Å². The number of aromatic amines is 1. The average Bonchev–Trinajstić information content (AvgIpc) is 2.81. The van der Waals surface area contributed by atoms with Crippen LogP contribution in [0.15, 0.2) is 6.33 Å². The summed E-state index contributed by atoms with van der Waals surface area (Å²) in [6, 6.07) is 0. The Kier molecular flexibility index (Phi) is 2.84. The highest BCUT2D eigenvalue weighted by molar-refractivity contribution is 5.90. The van der Waals surface area contributed by atoms with Crippen LogP contribution < -0.4 is 5.73 Å². The number of amides is 2. The zero-order valence-corrected chi connectivity index (χ0v) is 8.72. The number of nitrogens with zero attached hydrogens (tertiary/aromatic N) is 3. The van der Waals surface area contributed by atoms with Gasteiger partial charge in [0.1, 0.15) is 6.33 Å². The van der Waals surface area contributed by atoms with Gasteiger partial charge in [0.15, 0.2) is 0 Å². The number of likely N-dealkylation sites (tertiary alicyclic amines) is 1. The van der Waals surface area contributed by atoms with Crippen molar-refractivity contribution in [1.82, 2.24) is 20.1 Å². The van der Waals surface area contributed by atoms with E-state index in [9.17, 15) is 9.59 Å². The monoisotopic (exact) mass is 223 g/mol. The lowest BCUT2D eigenvalue weighted by Gasteiger charge is -2.29. The molecule has 0 aromatic carbocycles. The molecule has 2 heterocycles. The molecule has 2 amide bonds. The number of carbonyl (C=O) groups is 2. The number of aromatic nitrogens is 3. The Morgan fingerprint density at radius 1 is 1.44 bits per heavy atom. The molecule has 0 radical (unpaired) electrons. The molecule has 86 valence electrons. The largest absolute Gasteiger partial charge is 0.369 e. The second kappa shape index (κ2) is 4.30. The van der Waals surface area contributed by atoms with Crippen LogP contribution in [-0.4, -0.2) is 45.0 Å². The minimum Gasteiger partial charge on any atom is -0.369 e. The first-order chi connectivity index (χ1) is 7.68. The van der Waals surface area contributed by atoms with Gasteiger partial charge in [0.25, 0.3) is 5.91 Å². The van der Waals surface area contributed by atoms with Gasteiger partial charge in [-0.3, -0.25) is 14.7 Å². The minimum absolute atomic E-state index is 0.112. The van der Waals surface area contributed by atoms with Gasteiger partial charge in [-0.1, -0.05) is 0 Å². The van der Waals surface area contributed by atoms with Gasteiger partial charge in [-0.15, -0.1) is 0 Å². The maximum absolute atomic E-state index is 11.8. The van der Waals surface area contributed by atoms with Crippen molar-refractivity contribution in [2.75, 3.05) is 13.1 Å². The van der Waals surface area contributed by atoms with E-state index in [1.54, 1.807) is 4.90 Å². The molecule has 1 aromatic heterocycles. The van der Waals surface area contributed by atoms with E-state index in [2.05, 4.69) is 15.2 Å². The predicted molar refractivity (Wildman–Crippen MR) is 54.2 cm³/mol. The maximum Gasteiger partial charge on any atom is 0.291 e. The van der Waals surface area contributed by atoms with Crippen molar-refractivity contribution in [1.29, 1.82) is 0 Å². The topological polar surface area (TPSA) is 105 Å². The molecule has 0 unspecified atom stereocenters. The second-order valence-corrected chi connectivity index (χ2v) is 3.80. The number of nitrogens with one attached hydrogen (secondary N) is 1. The number of hydrogen-bond acceptors (Lipinski definition) is 4. The first-order valence-electron chi connectivity index (χ1n) is 5.12. The van der Waals surface area contributed by atoms with Gasteiger partial charge in [-0.05, 0) is 12.8 Å². The van der Waals surface area contributed by atoms with E-state index in [-0.39, 0.29) is 23.6 Å². The first-order valence-corrected chi connectivity index (χ1v) is 5.12. The Morgan fingerprint density at radius 3 is 2.62 bits per heavy atom. The summed E-state index contributed by atoms with van der Waals surface area (Å²) in [4.78, 5) is 28.2. The van der Waals surface area contributed by atoms with Gasteiger partial charge in [0.2, 0.25) is 11.7 Å². The van der Waals surface area contributed by atoms with Crippen molar-refractivity contribution in [2.24, 2.45) is 11.7 Å². The lowest BCUT2D eigenvalue weighted by atomic mass is 9.96. The van der Waals surface area contributed by atoms with Crippen molar-refractivity contribution in [3.63, 3.8) is 0 Å². The quantitative estimate of drug-likeness (QED) is 0.680. The van der Waals surface area contributed by atoms with Gasteiger partial charge in [0, 0.05) is 19.0 Å². The van der Waals surface area contributed by atoms with E-state index in [1.807, 2.05) is 0 Å². The van der Waals surface area contributed by atoms with Gasteiger partial charge in [-0.2, -0.15) is 5.10 Å². The summed E-state index contributed by atoms with van der Waals surface area (Å²) in [5.74, 6) is -0.344. The third kappa shape index (κ3) is 2.02. The molecule has 1 aromatic rings. The number of carbonyl (C=O) groups excluding carboxylic acids is 2. The van der Waals surface area contributed by atoms with Gasteiger partial charge in [-0.25, -0.2) is 4.98 Å². The molecule has 0 spiro atoms. The molecule has 0 atom stereocenters. The lowest BCUT2D eigenvalue weighted by Crippen LogP contribution is -2.42. The van der Waals surface area contributed by atoms with Gasteiger partial charge in [0.05, 0.1) is 0 Å². The summed E-state index contributed by atoms with van der Waals surface area (Å²) in [6.07, 6.45) is 2.54. The Bertz CT molecular complexity index is 381. The van der Waals surface area contributed by atoms with Gasteiger partial charge >= 0.3 is 0 Å². The molecular weight excluding hydrogens is 210 g/mol. The summed E-state index contributed by atoms with van der Waals surface area (Å²) in [5, 5.41) is 6.15. The highest BCUT2D eigenvalue weighted by Gasteiger charge is 2.27. The Balaban J connectivity index is 1.94. The average molecular weight is 223 g/mol. The van der Waals surface area contributed by atoms with E-state index < -0.39 is 0 Å². The normalized spacial score (nSPS) is 17.4. The van der Waals surface area contributed by atoms with E-state index in [0.29, 0.717) is 25.9 Å². The summed E-state index contributed by atoms with van der Waals surface area (Å²) >= 11 is 0. The van der Waals surface area contributed by atoms with E-state index in [0.717, 1.165) is 0 Å². The molecule has 1 saturated heterocycles. The number of piperidine rings is 1. The van der Waals surface area contributed by atoms with Crippen LogP contribution in [-0.2, 0) is 4.79 Å². The number of H-pyrrole nitrogens is 1. The molecule has 16 heavy (non-hydrogen) atoms. The number of nitrogens with two attached hydrogens (primary N) is 1. The molecule has 7 heteroatoms. The standard InChI is InChI=1S/C9H13N5O2/c10-7(15)6-1-3-14(4-2-6)9(16)8-11-5-12-13-8/h5-6H,1-4H2,(H2,10,15)(H,11,12,13). The molecule has 3 N–H and O–H groups in total. The summed E-state index contributed by atoms with van der Waals surface area (Å²) < 4.78 is 0. The van der Waals surface area contributed by atoms with Crippen LogP contribution in [0.25, 0.3) is 0 Å². The second-order valence-electron chi connectivity index (χ2n) is 3.80. The Labute approximate surface area is 92.0 Å². The Hall–Kier alpha value is -1.92. The van der Waals surface area contributed by atoms with Crippen LogP contribution in [0.1, 0.15) is 23.5 Å². The highest BCUT2D eigenvalue weighted by atomic mass is 16.2. The fourth-order valence-electron chi connectivity index (χ4n) is 1.83. The third-order valence-electron chi connectivity index (χ3n) is 2.80. The molecule has 0 saturated carbocycles. The van der Waals surface area contributed by atoms with Crippen LogP contribution in [0.4, 0.5) is 0 Å². The summed E-state index contributed by atoms with van der Waals surface area (Å²) in [6.45, 7) is 1.07. The van der Waals surface area contributed by atoms with E-state index in [1.165, 1.54) is 6.33 Å². The Morgan fingerprint density at radius 2 is 2.12 bits per heavy atom. The molecule has 2 rings (SSSR count). The van der Waals surface area contributed by atoms with Crippen LogP contribution in [0.3, 0.4) is 0 Å². The van der Waals surface area contributed by atoms with Crippen molar-refractivity contribution in [3.05, 3.63) is 12.2 Å². The van der Waals surface area contributed by atoms with Crippen LogP contribution in [0.2, 0.25) is 0 Å². The van der Waals surface area contributed by atoms with E-state index in [4.69, 9.17) is 5.73 Å². The molecular formula is C9H13N5O2. The molecule has 0 bridgehead atoms. The lowest BCUT2D eigenvalue weighted by molar-refractivity contribution is -0.123. The molecule has 1 aliphatic rings. The van der Waals surface area contributed by atoms with Crippen LogP contribution in [0, 0.1) is 5.92 Å². The van der Waals surface area contributed by atoms with Gasteiger partial charge < -0.3 is 10.6 Å². The zero-order chi connectivity index (χ0) is 11.5. The SMILES string of the molecule is NC(=O)C1CCN(C(=O)c2ncn[nH]2)CC1. The number of rotatable bonds is 2. The fourth-order valence-corrected chi connectivity index (χ4v) is 1.83. The molecule has 7 nitrogen and oxygen atoms in total. The van der Waals surface area contributed by atoms with Crippen LogP contribution in [0.5, 0.6) is 0 Å². The maximum atomic E-state index is 11.8. The third-order valence-corrected chi connectivity index (χ3v) is 2.80. The predicted octanol–water partition coefficient (Wildman–Crippen LogP) is -0.858. The smallest absolute Gasteiger partial charge is 0.291 e. The minimum atomic E-state index is -0.285. The summed E-state index contributed by atoms with van der Waals surface area (Å²) in [7, 11) is 0. The number of hydrogen-bond donors (Lipinski definition) is 2. The molecule has 1 aliphatic heterocycles. The molecule has 0 aliphatic carbocycles. The number of primary amides is 1.